The molecule has 0 heterocycles. The number of hydrogen-bond acceptors (Lipinski definition) is 3. The first kappa shape index (κ1) is 17.8. The van der Waals surface area contributed by atoms with Gasteiger partial charge in [0, 0.05) is 17.9 Å². The average Bonchev–Trinajstić information content (AvgIpc) is 2.55. The second-order valence-electron chi connectivity index (χ2n) is 5.38. The molecule has 0 atom stereocenters. The monoisotopic (exact) mass is 347 g/mol. The number of nitrogens with one attached hydrogen (secondary N) is 3. The van der Waals surface area contributed by atoms with Gasteiger partial charge in [-0.1, -0.05) is 24.6 Å². The first-order chi connectivity index (χ1) is 11.4. The van der Waals surface area contributed by atoms with Gasteiger partial charge in [-0.3, -0.25) is 4.72 Å². The summed E-state index contributed by atoms with van der Waals surface area (Å²) in [5.74, 6) is 0. The largest absolute Gasteiger partial charge is 0.338 e. The Balaban J connectivity index is 2.03. The highest BCUT2D eigenvalue weighted by atomic mass is 32.2. The zero-order valence-electron chi connectivity index (χ0n) is 13.7. The quantitative estimate of drug-likeness (QED) is 0.749. The Kier molecular flexibility index (Phi) is 5.81. The number of hydrogen-bond donors (Lipinski definition) is 3. The van der Waals surface area contributed by atoms with Crippen LogP contribution in [-0.2, 0) is 10.0 Å². The Morgan fingerprint density at radius 2 is 1.54 bits per heavy atom. The van der Waals surface area contributed by atoms with E-state index in [4.69, 9.17) is 0 Å². The lowest BCUT2D eigenvalue weighted by Gasteiger charge is -2.10. The maximum absolute atomic E-state index is 12.3. The fourth-order valence-corrected chi connectivity index (χ4v) is 3.03. The molecule has 0 aliphatic rings. The van der Waals surface area contributed by atoms with Crippen molar-refractivity contribution in [1.82, 2.24) is 5.32 Å². The Hall–Kier alpha value is -2.54. The van der Waals surface area contributed by atoms with Gasteiger partial charge in [0.25, 0.3) is 10.0 Å². The van der Waals surface area contributed by atoms with Crippen molar-refractivity contribution in [2.24, 2.45) is 0 Å². The van der Waals surface area contributed by atoms with Crippen molar-refractivity contribution >= 4 is 27.4 Å². The summed E-state index contributed by atoms with van der Waals surface area (Å²) in [5, 5.41) is 5.38. The number of carbonyl (C=O) groups is 1. The normalized spacial score (nSPS) is 10.9. The third-order valence-corrected chi connectivity index (χ3v) is 4.66. The first-order valence-electron chi connectivity index (χ1n) is 7.65. The van der Waals surface area contributed by atoms with Gasteiger partial charge in [0.1, 0.15) is 0 Å². The molecule has 0 spiro atoms. The molecule has 2 rings (SSSR count). The summed E-state index contributed by atoms with van der Waals surface area (Å²) in [6.45, 7) is 4.46. The van der Waals surface area contributed by atoms with Crippen molar-refractivity contribution < 1.29 is 13.2 Å². The third kappa shape index (κ3) is 4.99. The van der Waals surface area contributed by atoms with Gasteiger partial charge in [0.05, 0.1) is 4.90 Å². The lowest BCUT2D eigenvalue weighted by atomic mass is 10.2. The van der Waals surface area contributed by atoms with Crippen LogP contribution < -0.4 is 15.4 Å². The SMILES string of the molecule is CCCNC(=O)Nc1ccc(NS(=O)(=O)c2ccc(C)cc2)cc1. The molecule has 7 heteroatoms. The zero-order valence-corrected chi connectivity index (χ0v) is 14.5. The molecule has 0 aromatic heterocycles. The molecular weight excluding hydrogens is 326 g/mol. The maximum Gasteiger partial charge on any atom is 0.319 e. The van der Waals surface area contributed by atoms with Crippen molar-refractivity contribution in [1.29, 1.82) is 0 Å². The number of aryl methyl sites for hydroxylation is 1. The number of anilines is 2. The zero-order chi connectivity index (χ0) is 17.6. The fourth-order valence-electron chi connectivity index (χ4n) is 1.97. The van der Waals surface area contributed by atoms with Crippen molar-refractivity contribution in [3.05, 3.63) is 54.1 Å². The summed E-state index contributed by atoms with van der Waals surface area (Å²) in [5.41, 5.74) is 2.00. The second-order valence-corrected chi connectivity index (χ2v) is 7.06. The van der Waals surface area contributed by atoms with Crippen molar-refractivity contribution in [3.8, 4) is 0 Å². The van der Waals surface area contributed by atoms with E-state index < -0.39 is 10.0 Å². The predicted octanol–water partition coefficient (Wildman–Crippen LogP) is 3.33. The maximum atomic E-state index is 12.3. The number of urea groups is 1. The Morgan fingerprint density at radius 3 is 2.12 bits per heavy atom. The van der Waals surface area contributed by atoms with Crippen LogP contribution in [0.25, 0.3) is 0 Å². The smallest absolute Gasteiger partial charge is 0.319 e. The van der Waals surface area contributed by atoms with E-state index in [2.05, 4.69) is 15.4 Å². The van der Waals surface area contributed by atoms with Crippen LogP contribution in [0, 0.1) is 6.92 Å². The molecule has 0 unspecified atom stereocenters. The number of benzene rings is 2. The van der Waals surface area contributed by atoms with Crippen LogP contribution in [0.1, 0.15) is 18.9 Å². The molecule has 0 fully saturated rings. The number of amides is 2. The van der Waals surface area contributed by atoms with Crippen molar-refractivity contribution in [2.45, 2.75) is 25.2 Å². The summed E-state index contributed by atoms with van der Waals surface area (Å²) in [6, 6.07) is 12.8. The predicted molar refractivity (Wildman–Crippen MR) is 95.7 cm³/mol. The molecule has 2 amide bonds. The molecule has 0 radical (unpaired) electrons. The van der Waals surface area contributed by atoms with Crippen LogP contribution >= 0.6 is 0 Å². The van der Waals surface area contributed by atoms with Crippen molar-refractivity contribution in [3.63, 3.8) is 0 Å². The lowest BCUT2D eigenvalue weighted by Crippen LogP contribution is -2.29. The topological polar surface area (TPSA) is 87.3 Å². The minimum Gasteiger partial charge on any atom is -0.338 e. The molecule has 2 aromatic rings. The second kappa shape index (κ2) is 7.83. The van der Waals surface area contributed by atoms with E-state index in [1.807, 2.05) is 13.8 Å². The summed E-state index contributed by atoms with van der Waals surface area (Å²) in [4.78, 5) is 11.8. The molecule has 6 nitrogen and oxygen atoms in total. The van der Waals surface area contributed by atoms with E-state index in [0.717, 1.165) is 12.0 Å². The molecule has 24 heavy (non-hydrogen) atoms. The van der Waals surface area contributed by atoms with E-state index in [1.54, 1.807) is 48.5 Å². The highest BCUT2D eigenvalue weighted by Gasteiger charge is 2.13. The molecule has 0 saturated carbocycles. The van der Waals surface area contributed by atoms with E-state index in [0.29, 0.717) is 17.9 Å². The van der Waals surface area contributed by atoms with Crippen LogP contribution in [0.5, 0.6) is 0 Å². The van der Waals surface area contributed by atoms with Crippen LogP contribution in [-0.4, -0.2) is 21.0 Å². The van der Waals surface area contributed by atoms with Gasteiger partial charge in [0.2, 0.25) is 0 Å². The van der Waals surface area contributed by atoms with Gasteiger partial charge in [0.15, 0.2) is 0 Å². The molecule has 0 aliphatic carbocycles. The van der Waals surface area contributed by atoms with Gasteiger partial charge in [-0.25, -0.2) is 13.2 Å². The molecule has 128 valence electrons. The van der Waals surface area contributed by atoms with E-state index in [1.165, 1.54) is 0 Å². The van der Waals surface area contributed by atoms with Gasteiger partial charge in [-0.15, -0.1) is 0 Å². The average molecular weight is 347 g/mol. The highest BCUT2D eigenvalue weighted by Crippen LogP contribution is 2.18. The minimum atomic E-state index is -3.63. The van der Waals surface area contributed by atoms with Crippen LogP contribution in [0.2, 0.25) is 0 Å². The van der Waals surface area contributed by atoms with E-state index in [-0.39, 0.29) is 10.9 Å². The summed E-state index contributed by atoms with van der Waals surface area (Å²) in [6.07, 6.45) is 0.854. The molecule has 0 aliphatic heterocycles. The van der Waals surface area contributed by atoms with Crippen LogP contribution in [0.3, 0.4) is 0 Å². The Morgan fingerprint density at radius 1 is 0.958 bits per heavy atom. The molecule has 0 saturated heterocycles. The molecular formula is C17H21N3O3S. The third-order valence-electron chi connectivity index (χ3n) is 3.26. The lowest BCUT2D eigenvalue weighted by molar-refractivity contribution is 0.252. The van der Waals surface area contributed by atoms with E-state index in [9.17, 15) is 13.2 Å². The van der Waals surface area contributed by atoms with Gasteiger partial charge in [-0.05, 0) is 49.7 Å². The van der Waals surface area contributed by atoms with Crippen molar-refractivity contribution in [2.75, 3.05) is 16.6 Å². The molecule has 3 N–H and O–H groups in total. The number of rotatable bonds is 6. The number of sulfonamides is 1. The minimum absolute atomic E-state index is 0.203. The fraction of sp³-hybridized carbons (Fsp3) is 0.235. The van der Waals surface area contributed by atoms with Crippen LogP contribution in [0.15, 0.2) is 53.4 Å². The summed E-state index contributed by atoms with van der Waals surface area (Å²) in [7, 11) is -3.63. The number of carbonyl (C=O) groups excluding carboxylic acids is 1. The van der Waals surface area contributed by atoms with Crippen LogP contribution in [0.4, 0.5) is 16.2 Å². The van der Waals surface area contributed by atoms with Gasteiger partial charge in [-0.2, -0.15) is 0 Å². The molecule has 2 aromatic carbocycles. The molecule has 0 bridgehead atoms. The summed E-state index contributed by atoms with van der Waals surface area (Å²) >= 11 is 0. The standard InChI is InChI=1S/C17H21N3O3S/c1-3-12-18-17(21)19-14-6-8-15(9-7-14)20-24(22,23)16-10-4-13(2)5-11-16/h4-11,20H,3,12H2,1-2H3,(H2,18,19,21). The summed E-state index contributed by atoms with van der Waals surface area (Å²) < 4.78 is 27.1. The van der Waals surface area contributed by atoms with Gasteiger partial charge < -0.3 is 10.6 Å². The van der Waals surface area contributed by atoms with Gasteiger partial charge >= 0.3 is 6.03 Å². The Labute approximate surface area is 142 Å². The highest BCUT2D eigenvalue weighted by molar-refractivity contribution is 7.92. The Bertz CT molecular complexity index is 785. The first-order valence-corrected chi connectivity index (χ1v) is 9.13. The van der Waals surface area contributed by atoms with E-state index >= 15 is 0 Å².